The van der Waals surface area contributed by atoms with E-state index in [9.17, 15) is 0 Å². The monoisotopic (exact) mass is 340 g/mol. The van der Waals surface area contributed by atoms with Gasteiger partial charge >= 0.3 is 0 Å². The molecule has 1 saturated carbocycles. The molecule has 0 aromatic heterocycles. The zero-order valence-corrected chi connectivity index (χ0v) is 14.1. The number of rotatable bonds is 6. The summed E-state index contributed by atoms with van der Waals surface area (Å²) in [5.41, 5.74) is 1.22. The van der Waals surface area contributed by atoms with Gasteiger partial charge in [-0.2, -0.15) is 0 Å². The maximum absolute atomic E-state index is 6.19. The van der Waals surface area contributed by atoms with E-state index in [-0.39, 0.29) is 0 Å². The molecule has 1 aromatic rings. The van der Waals surface area contributed by atoms with E-state index in [0.29, 0.717) is 12.7 Å². The lowest BCUT2D eigenvalue weighted by Crippen LogP contribution is -2.24. The molecule has 0 spiro atoms. The molecule has 1 aliphatic carbocycles. The van der Waals surface area contributed by atoms with Crippen molar-refractivity contribution in [3.05, 3.63) is 23.8 Å². The summed E-state index contributed by atoms with van der Waals surface area (Å²) in [5, 5.41) is 0.842. The first-order valence-electron chi connectivity index (χ1n) is 7.75. The van der Waals surface area contributed by atoms with Crippen molar-refractivity contribution < 1.29 is 9.47 Å². The summed E-state index contributed by atoms with van der Waals surface area (Å²) in [6.07, 6.45) is 6.59. The molecular formula is C17H25BrO2. The van der Waals surface area contributed by atoms with Gasteiger partial charge in [0, 0.05) is 5.33 Å². The van der Waals surface area contributed by atoms with Gasteiger partial charge in [-0.3, -0.25) is 0 Å². The summed E-state index contributed by atoms with van der Waals surface area (Å²) in [6, 6.07) is 6.23. The molecule has 1 fully saturated rings. The fraction of sp³-hybridized carbons (Fsp3) is 0.647. The zero-order chi connectivity index (χ0) is 14.4. The van der Waals surface area contributed by atoms with E-state index in [2.05, 4.69) is 35.0 Å². The van der Waals surface area contributed by atoms with E-state index in [4.69, 9.17) is 9.47 Å². The summed E-state index contributed by atoms with van der Waals surface area (Å²) in [6.45, 7) is 4.97. The fourth-order valence-corrected chi connectivity index (χ4v) is 3.19. The van der Waals surface area contributed by atoms with Gasteiger partial charge in [0.1, 0.15) is 0 Å². The summed E-state index contributed by atoms with van der Waals surface area (Å²) in [5.74, 6) is 2.68. The van der Waals surface area contributed by atoms with Gasteiger partial charge in [-0.1, -0.05) is 35.3 Å². The molecule has 0 aliphatic heterocycles. The highest BCUT2D eigenvalue weighted by Gasteiger charge is 2.22. The molecule has 0 radical (unpaired) electrons. The summed E-state index contributed by atoms with van der Waals surface area (Å²) in [7, 11) is 0. The van der Waals surface area contributed by atoms with Gasteiger partial charge in [-0.05, 0) is 56.2 Å². The van der Waals surface area contributed by atoms with Crippen molar-refractivity contribution in [2.24, 2.45) is 5.92 Å². The second-order valence-electron chi connectivity index (χ2n) is 5.52. The van der Waals surface area contributed by atoms with Crippen LogP contribution in [0.5, 0.6) is 11.5 Å². The molecule has 0 amide bonds. The predicted octanol–water partition coefficient (Wildman–Crippen LogP) is 5.33. The number of hydrogen-bond acceptors (Lipinski definition) is 2. The Balaban J connectivity index is 2.01. The Morgan fingerprint density at radius 1 is 1.10 bits per heavy atom. The van der Waals surface area contributed by atoms with Crippen molar-refractivity contribution in [1.29, 1.82) is 0 Å². The van der Waals surface area contributed by atoms with Crippen molar-refractivity contribution in [3.8, 4) is 11.5 Å². The smallest absolute Gasteiger partial charge is 0.161 e. The molecule has 0 heterocycles. The molecule has 2 rings (SSSR count). The van der Waals surface area contributed by atoms with Crippen molar-refractivity contribution in [2.75, 3.05) is 6.61 Å². The topological polar surface area (TPSA) is 18.5 Å². The summed E-state index contributed by atoms with van der Waals surface area (Å²) in [4.78, 5) is 0. The van der Waals surface area contributed by atoms with Gasteiger partial charge in [-0.25, -0.2) is 0 Å². The first-order chi connectivity index (χ1) is 9.76. The third-order valence-corrected chi connectivity index (χ3v) is 4.77. The van der Waals surface area contributed by atoms with Crippen LogP contribution in [-0.4, -0.2) is 12.7 Å². The van der Waals surface area contributed by atoms with Gasteiger partial charge in [-0.15, -0.1) is 0 Å². The van der Waals surface area contributed by atoms with E-state index in [1.165, 1.54) is 37.7 Å². The van der Waals surface area contributed by atoms with Crippen LogP contribution in [0.3, 0.4) is 0 Å². The van der Waals surface area contributed by atoms with E-state index in [1.54, 1.807) is 0 Å². The van der Waals surface area contributed by atoms with Gasteiger partial charge in [0.25, 0.3) is 0 Å². The maximum Gasteiger partial charge on any atom is 0.161 e. The molecule has 0 N–H and O–H groups in total. The Kier molecular flexibility index (Phi) is 6.21. The fourth-order valence-electron chi connectivity index (χ4n) is 2.84. The second-order valence-corrected chi connectivity index (χ2v) is 6.08. The molecule has 112 valence electrons. The molecule has 3 heteroatoms. The first kappa shape index (κ1) is 15.7. The zero-order valence-electron chi connectivity index (χ0n) is 12.5. The third-order valence-electron chi connectivity index (χ3n) is 4.13. The second kappa shape index (κ2) is 7.92. The highest BCUT2D eigenvalue weighted by atomic mass is 79.9. The molecule has 2 nitrogen and oxygen atoms in total. The number of alkyl halides is 1. The molecule has 0 bridgehead atoms. The van der Waals surface area contributed by atoms with Crippen LogP contribution >= 0.6 is 15.9 Å². The van der Waals surface area contributed by atoms with Crippen LogP contribution in [0.1, 0.15) is 51.5 Å². The number of ether oxygens (including phenoxy) is 2. The quantitative estimate of drug-likeness (QED) is 0.651. The average Bonchev–Trinajstić information content (AvgIpc) is 2.50. The van der Waals surface area contributed by atoms with E-state index in [1.807, 2.05) is 13.0 Å². The van der Waals surface area contributed by atoms with Crippen molar-refractivity contribution in [2.45, 2.75) is 57.4 Å². The Bertz CT molecular complexity index is 411. The first-order valence-corrected chi connectivity index (χ1v) is 8.87. The molecule has 20 heavy (non-hydrogen) atoms. The minimum atomic E-state index is 0.354. The Morgan fingerprint density at radius 2 is 1.85 bits per heavy atom. The van der Waals surface area contributed by atoms with Crippen LogP contribution in [0.2, 0.25) is 0 Å². The predicted molar refractivity (Wildman–Crippen MR) is 86.9 cm³/mol. The maximum atomic E-state index is 6.19. The van der Waals surface area contributed by atoms with Crippen molar-refractivity contribution >= 4 is 15.9 Å². The van der Waals surface area contributed by atoms with Gasteiger partial charge in [0.05, 0.1) is 12.7 Å². The summed E-state index contributed by atoms with van der Waals surface area (Å²) < 4.78 is 11.9. The van der Waals surface area contributed by atoms with Gasteiger partial charge < -0.3 is 9.47 Å². The Morgan fingerprint density at radius 3 is 2.45 bits per heavy atom. The molecule has 0 saturated heterocycles. The highest BCUT2D eigenvalue weighted by Crippen LogP contribution is 2.34. The summed E-state index contributed by atoms with van der Waals surface area (Å²) >= 11 is 3.48. The molecule has 1 aromatic carbocycles. The van der Waals surface area contributed by atoms with Crippen LogP contribution in [0.15, 0.2) is 18.2 Å². The Hall–Kier alpha value is -0.700. The number of halogens is 1. The van der Waals surface area contributed by atoms with Gasteiger partial charge in [0.2, 0.25) is 0 Å². The third kappa shape index (κ3) is 4.15. The average molecular weight is 341 g/mol. The normalized spacial score (nSPS) is 22.6. The number of benzene rings is 1. The lowest BCUT2D eigenvalue weighted by atomic mass is 9.86. The molecule has 1 aliphatic rings. The van der Waals surface area contributed by atoms with E-state index in [0.717, 1.165) is 22.7 Å². The molecule has 0 atom stereocenters. The van der Waals surface area contributed by atoms with E-state index >= 15 is 0 Å². The minimum absolute atomic E-state index is 0.354. The van der Waals surface area contributed by atoms with Crippen LogP contribution in [-0.2, 0) is 5.33 Å². The van der Waals surface area contributed by atoms with E-state index < -0.39 is 0 Å². The molecule has 0 unspecified atom stereocenters. The van der Waals surface area contributed by atoms with Crippen LogP contribution in [0, 0.1) is 5.92 Å². The van der Waals surface area contributed by atoms with Crippen LogP contribution in [0.4, 0.5) is 0 Å². The van der Waals surface area contributed by atoms with Crippen LogP contribution < -0.4 is 9.47 Å². The van der Waals surface area contributed by atoms with Crippen molar-refractivity contribution in [3.63, 3.8) is 0 Å². The Labute approximate surface area is 131 Å². The van der Waals surface area contributed by atoms with Crippen molar-refractivity contribution in [1.82, 2.24) is 0 Å². The lowest BCUT2D eigenvalue weighted by Gasteiger charge is -2.29. The SMILES string of the molecule is CCOc1cc(CBr)ccc1OC1CCC(CC)CC1. The number of hydrogen-bond donors (Lipinski definition) is 0. The standard InChI is InChI=1S/C17H25BrO2/c1-3-13-5-8-15(9-6-13)20-16-10-7-14(12-18)11-17(16)19-4-2/h7,10-11,13,15H,3-6,8-9,12H2,1-2H3. The molecular weight excluding hydrogens is 316 g/mol. The lowest BCUT2D eigenvalue weighted by molar-refractivity contribution is 0.124. The minimum Gasteiger partial charge on any atom is -0.490 e. The van der Waals surface area contributed by atoms with Crippen LogP contribution in [0.25, 0.3) is 0 Å². The largest absolute Gasteiger partial charge is 0.490 e. The van der Waals surface area contributed by atoms with Gasteiger partial charge in [0.15, 0.2) is 11.5 Å². The highest BCUT2D eigenvalue weighted by molar-refractivity contribution is 9.08.